The molecule has 4 heteroatoms. The number of hydrogen-bond donors (Lipinski definition) is 1. The van der Waals surface area contributed by atoms with Crippen LogP contribution in [0.1, 0.15) is 10.4 Å². The van der Waals surface area contributed by atoms with Gasteiger partial charge in [0.25, 0.3) is 0 Å². The van der Waals surface area contributed by atoms with E-state index in [0.29, 0.717) is 5.75 Å². The molecule has 1 heterocycles. The molecule has 1 N–H and O–H groups in total. The standard InChI is InChI=1S/C12H9NO3/c14-12(15)9-6-7-13-11(8-9)16-10-4-2-1-3-5-10/h1-8H,(H,14,15). The molecule has 0 unspecified atom stereocenters. The number of benzene rings is 1. The molecule has 0 aliphatic carbocycles. The summed E-state index contributed by atoms with van der Waals surface area (Å²) < 4.78 is 5.39. The Balaban J connectivity index is 2.22. The van der Waals surface area contributed by atoms with E-state index in [1.807, 2.05) is 18.2 Å². The summed E-state index contributed by atoms with van der Waals surface area (Å²) in [6.45, 7) is 0. The second-order valence-corrected chi connectivity index (χ2v) is 3.10. The van der Waals surface area contributed by atoms with Crippen molar-refractivity contribution >= 4 is 5.97 Å². The van der Waals surface area contributed by atoms with Crippen molar-refractivity contribution in [1.82, 2.24) is 4.98 Å². The minimum atomic E-state index is -1.000. The van der Waals surface area contributed by atoms with E-state index >= 15 is 0 Å². The molecule has 1 aromatic heterocycles. The van der Waals surface area contributed by atoms with Crippen LogP contribution in [0.3, 0.4) is 0 Å². The summed E-state index contributed by atoms with van der Waals surface area (Å²) in [6.07, 6.45) is 1.40. The maximum absolute atomic E-state index is 10.7. The average molecular weight is 215 g/mol. The van der Waals surface area contributed by atoms with E-state index in [-0.39, 0.29) is 11.4 Å². The van der Waals surface area contributed by atoms with Crippen molar-refractivity contribution < 1.29 is 14.6 Å². The molecule has 0 saturated heterocycles. The number of aromatic carboxylic acids is 1. The van der Waals surface area contributed by atoms with E-state index in [0.717, 1.165) is 0 Å². The third kappa shape index (κ3) is 2.36. The molecule has 0 amide bonds. The molecule has 0 radical (unpaired) electrons. The number of nitrogens with zero attached hydrogens (tertiary/aromatic N) is 1. The highest BCUT2D eigenvalue weighted by Crippen LogP contribution is 2.19. The summed E-state index contributed by atoms with van der Waals surface area (Å²) in [6, 6.07) is 11.9. The Bertz CT molecular complexity index is 497. The van der Waals surface area contributed by atoms with Gasteiger partial charge in [0, 0.05) is 12.3 Å². The van der Waals surface area contributed by atoms with E-state index in [1.54, 1.807) is 12.1 Å². The quantitative estimate of drug-likeness (QED) is 0.854. The lowest BCUT2D eigenvalue weighted by atomic mass is 10.3. The molecule has 0 aliphatic heterocycles. The van der Waals surface area contributed by atoms with Gasteiger partial charge in [0.2, 0.25) is 5.88 Å². The largest absolute Gasteiger partial charge is 0.478 e. The number of aromatic nitrogens is 1. The van der Waals surface area contributed by atoms with Crippen molar-refractivity contribution in [1.29, 1.82) is 0 Å². The van der Waals surface area contributed by atoms with Crippen LogP contribution in [-0.2, 0) is 0 Å². The number of carboxylic acids is 1. The second-order valence-electron chi connectivity index (χ2n) is 3.10. The highest BCUT2D eigenvalue weighted by atomic mass is 16.5. The van der Waals surface area contributed by atoms with Gasteiger partial charge in [-0.25, -0.2) is 9.78 Å². The number of pyridine rings is 1. The van der Waals surface area contributed by atoms with Crippen molar-refractivity contribution in [2.45, 2.75) is 0 Å². The van der Waals surface area contributed by atoms with Gasteiger partial charge in [0.05, 0.1) is 5.56 Å². The summed E-state index contributed by atoms with van der Waals surface area (Å²) in [5.74, 6) is -0.107. The summed E-state index contributed by atoms with van der Waals surface area (Å²) in [4.78, 5) is 14.7. The maximum atomic E-state index is 10.7. The van der Waals surface area contributed by atoms with Crippen molar-refractivity contribution in [3.8, 4) is 11.6 Å². The van der Waals surface area contributed by atoms with Crippen LogP contribution in [-0.4, -0.2) is 16.1 Å². The first-order chi connectivity index (χ1) is 7.75. The number of hydrogen-bond acceptors (Lipinski definition) is 3. The number of ether oxygens (including phenoxy) is 1. The van der Waals surface area contributed by atoms with Gasteiger partial charge in [-0.1, -0.05) is 18.2 Å². The summed E-state index contributed by atoms with van der Waals surface area (Å²) in [5, 5.41) is 8.79. The molecule has 0 atom stereocenters. The van der Waals surface area contributed by atoms with Gasteiger partial charge in [-0.15, -0.1) is 0 Å². The van der Waals surface area contributed by atoms with Gasteiger partial charge in [0.1, 0.15) is 5.75 Å². The van der Waals surface area contributed by atoms with Crippen molar-refractivity contribution in [3.63, 3.8) is 0 Å². The van der Waals surface area contributed by atoms with Crippen LogP contribution in [0, 0.1) is 0 Å². The van der Waals surface area contributed by atoms with Crippen LogP contribution >= 0.6 is 0 Å². The summed E-state index contributed by atoms with van der Waals surface area (Å²) >= 11 is 0. The first-order valence-electron chi connectivity index (χ1n) is 4.68. The molecular weight excluding hydrogens is 206 g/mol. The minimum Gasteiger partial charge on any atom is -0.478 e. The minimum absolute atomic E-state index is 0.154. The smallest absolute Gasteiger partial charge is 0.335 e. The highest BCUT2D eigenvalue weighted by Gasteiger charge is 2.05. The van der Waals surface area contributed by atoms with Gasteiger partial charge >= 0.3 is 5.97 Å². The Labute approximate surface area is 92.1 Å². The summed E-state index contributed by atoms with van der Waals surface area (Å²) in [5.41, 5.74) is 0.154. The normalized spacial score (nSPS) is 9.75. The molecule has 16 heavy (non-hydrogen) atoms. The van der Waals surface area contributed by atoms with Crippen LogP contribution in [0.2, 0.25) is 0 Å². The molecule has 2 aromatic rings. The first kappa shape index (κ1) is 10.2. The molecule has 80 valence electrons. The SMILES string of the molecule is O=C(O)c1ccnc(Oc2ccccc2)c1. The topological polar surface area (TPSA) is 59.4 Å². The molecule has 0 fully saturated rings. The van der Waals surface area contributed by atoms with E-state index in [2.05, 4.69) is 4.98 Å². The van der Waals surface area contributed by atoms with Crippen molar-refractivity contribution in [2.24, 2.45) is 0 Å². The molecule has 4 nitrogen and oxygen atoms in total. The molecule has 0 bridgehead atoms. The first-order valence-corrected chi connectivity index (χ1v) is 4.68. The number of para-hydroxylation sites is 1. The van der Waals surface area contributed by atoms with E-state index in [4.69, 9.17) is 9.84 Å². The van der Waals surface area contributed by atoms with Crippen LogP contribution in [0.4, 0.5) is 0 Å². The molecular formula is C12H9NO3. The number of carboxylic acid groups (broad SMARTS) is 1. The molecule has 0 aliphatic rings. The lowest BCUT2D eigenvalue weighted by molar-refractivity contribution is 0.0696. The lowest BCUT2D eigenvalue weighted by Gasteiger charge is -2.04. The fourth-order valence-corrected chi connectivity index (χ4v) is 1.21. The Hall–Kier alpha value is -2.36. The van der Waals surface area contributed by atoms with Gasteiger partial charge < -0.3 is 9.84 Å². The highest BCUT2D eigenvalue weighted by molar-refractivity contribution is 5.87. The average Bonchev–Trinajstić information content (AvgIpc) is 2.30. The van der Waals surface area contributed by atoms with Crippen LogP contribution in [0.5, 0.6) is 11.6 Å². The predicted molar refractivity (Wildman–Crippen MR) is 57.7 cm³/mol. The van der Waals surface area contributed by atoms with Crippen LogP contribution < -0.4 is 4.74 Å². The molecule has 0 spiro atoms. The lowest BCUT2D eigenvalue weighted by Crippen LogP contribution is -1.97. The second kappa shape index (κ2) is 4.44. The Kier molecular flexibility index (Phi) is 2.82. The molecule has 1 aromatic carbocycles. The van der Waals surface area contributed by atoms with E-state index < -0.39 is 5.97 Å². The van der Waals surface area contributed by atoms with Crippen LogP contribution in [0.15, 0.2) is 48.7 Å². The Morgan fingerprint density at radius 3 is 2.62 bits per heavy atom. The fraction of sp³-hybridized carbons (Fsp3) is 0. The predicted octanol–water partition coefficient (Wildman–Crippen LogP) is 2.57. The summed E-state index contributed by atoms with van der Waals surface area (Å²) in [7, 11) is 0. The van der Waals surface area contributed by atoms with Gasteiger partial charge in [-0.2, -0.15) is 0 Å². The van der Waals surface area contributed by atoms with Gasteiger partial charge in [0.15, 0.2) is 0 Å². The molecule has 0 saturated carbocycles. The van der Waals surface area contributed by atoms with Gasteiger partial charge in [-0.3, -0.25) is 0 Å². The van der Waals surface area contributed by atoms with Crippen molar-refractivity contribution in [3.05, 3.63) is 54.2 Å². The monoisotopic (exact) mass is 215 g/mol. The zero-order valence-corrected chi connectivity index (χ0v) is 8.33. The Morgan fingerprint density at radius 2 is 1.94 bits per heavy atom. The Morgan fingerprint density at radius 1 is 1.19 bits per heavy atom. The molecule has 2 rings (SSSR count). The maximum Gasteiger partial charge on any atom is 0.335 e. The van der Waals surface area contributed by atoms with Crippen molar-refractivity contribution in [2.75, 3.05) is 0 Å². The fourth-order valence-electron chi connectivity index (χ4n) is 1.21. The third-order valence-electron chi connectivity index (χ3n) is 1.95. The zero-order chi connectivity index (χ0) is 11.4. The van der Waals surface area contributed by atoms with Crippen LogP contribution in [0.25, 0.3) is 0 Å². The zero-order valence-electron chi connectivity index (χ0n) is 8.33. The van der Waals surface area contributed by atoms with Gasteiger partial charge in [-0.05, 0) is 18.2 Å². The van der Waals surface area contributed by atoms with E-state index in [1.165, 1.54) is 18.3 Å². The number of carbonyl (C=O) groups is 1. The number of rotatable bonds is 3. The van der Waals surface area contributed by atoms with E-state index in [9.17, 15) is 4.79 Å². The third-order valence-corrected chi connectivity index (χ3v) is 1.95.